The van der Waals surface area contributed by atoms with Crippen LogP contribution in [0.5, 0.6) is 11.5 Å². The van der Waals surface area contributed by atoms with Crippen LogP contribution >= 0.6 is 0 Å². The molecule has 0 aliphatic carbocycles. The Morgan fingerprint density at radius 2 is 1.67 bits per heavy atom. The summed E-state index contributed by atoms with van der Waals surface area (Å²) in [5.41, 5.74) is 4.66. The van der Waals surface area contributed by atoms with Gasteiger partial charge in [0.25, 0.3) is 0 Å². The predicted octanol–water partition coefficient (Wildman–Crippen LogP) is 3.85. The third-order valence-corrected chi connectivity index (χ3v) is 5.85. The monoisotopic (exact) mass is 438 g/mol. The van der Waals surface area contributed by atoms with Gasteiger partial charge in [-0.05, 0) is 29.8 Å². The Morgan fingerprint density at radius 3 is 2.48 bits per heavy atom. The Hall–Kier alpha value is -4.10. The fourth-order valence-electron chi connectivity index (χ4n) is 4.21. The van der Waals surface area contributed by atoms with Crippen molar-refractivity contribution >= 4 is 5.84 Å². The van der Waals surface area contributed by atoms with E-state index in [0.29, 0.717) is 13.1 Å². The number of fused-ring (bicyclic) bond motifs is 1. The standard InChI is InChI=1S/C26H22N4O3/c31-24-14-27-26(29(24)15-18-11-12-22-23(13-18)33-17-32-22)21-16-30(20-9-5-2-6-10-20)28-25(21)19-7-3-1-4-8-19/h1-13,16,24,31H,14-15,17H2. The van der Waals surface area contributed by atoms with Gasteiger partial charge in [0.2, 0.25) is 6.79 Å². The summed E-state index contributed by atoms with van der Waals surface area (Å²) in [5, 5.41) is 15.7. The summed E-state index contributed by atoms with van der Waals surface area (Å²) in [5.74, 6) is 2.19. The molecule has 0 fully saturated rings. The van der Waals surface area contributed by atoms with Gasteiger partial charge in [-0.25, -0.2) is 4.68 Å². The van der Waals surface area contributed by atoms with Crippen molar-refractivity contribution < 1.29 is 14.6 Å². The minimum Gasteiger partial charge on any atom is -0.454 e. The molecule has 1 N–H and O–H groups in total. The summed E-state index contributed by atoms with van der Waals surface area (Å²) in [4.78, 5) is 6.63. The van der Waals surface area contributed by atoms with Crippen LogP contribution < -0.4 is 9.47 Å². The number of benzene rings is 3. The van der Waals surface area contributed by atoms with E-state index >= 15 is 0 Å². The van der Waals surface area contributed by atoms with Crippen molar-refractivity contribution in [1.82, 2.24) is 14.7 Å². The highest BCUT2D eigenvalue weighted by molar-refractivity contribution is 6.04. The van der Waals surface area contributed by atoms with Crippen LogP contribution in [0.2, 0.25) is 0 Å². The summed E-state index contributed by atoms with van der Waals surface area (Å²) in [6.45, 7) is 1.03. The summed E-state index contributed by atoms with van der Waals surface area (Å²) in [7, 11) is 0. The maximum Gasteiger partial charge on any atom is 0.231 e. The van der Waals surface area contributed by atoms with E-state index in [9.17, 15) is 5.11 Å². The van der Waals surface area contributed by atoms with Gasteiger partial charge in [0, 0.05) is 18.3 Å². The molecule has 0 saturated carbocycles. The van der Waals surface area contributed by atoms with Crippen molar-refractivity contribution in [3.8, 4) is 28.4 Å². The van der Waals surface area contributed by atoms with Crippen LogP contribution in [-0.2, 0) is 6.54 Å². The van der Waals surface area contributed by atoms with Crippen LogP contribution in [-0.4, -0.2) is 45.2 Å². The number of aliphatic imine (C=N–C) groups is 1. The zero-order valence-corrected chi connectivity index (χ0v) is 17.8. The molecule has 4 aromatic rings. The minimum absolute atomic E-state index is 0.233. The Kier molecular flexibility index (Phi) is 4.81. The zero-order chi connectivity index (χ0) is 22.2. The SMILES string of the molecule is OC1CN=C(c2cn(-c3ccccc3)nc2-c2ccccc2)N1Cc1ccc2c(c1)OCO2. The van der Waals surface area contributed by atoms with E-state index in [4.69, 9.17) is 19.6 Å². The average Bonchev–Trinajstić information content (AvgIpc) is 3.59. The van der Waals surface area contributed by atoms with Gasteiger partial charge in [-0.15, -0.1) is 0 Å². The van der Waals surface area contributed by atoms with Gasteiger partial charge in [0.1, 0.15) is 17.8 Å². The lowest BCUT2D eigenvalue weighted by molar-refractivity contribution is 0.0710. The van der Waals surface area contributed by atoms with Crippen molar-refractivity contribution in [2.24, 2.45) is 4.99 Å². The van der Waals surface area contributed by atoms with Gasteiger partial charge in [-0.2, -0.15) is 5.10 Å². The fraction of sp³-hybridized carbons (Fsp3) is 0.154. The van der Waals surface area contributed by atoms with E-state index in [1.807, 2.05) is 94.6 Å². The summed E-state index contributed by atoms with van der Waals surface area (Å²) < 4.78 is 12.8. The molecule has 33 heavy (non-hydrogen) atoms. The van der Waals surface area contributed by atoms with E-state index in [-0.39, 0.29) is 6.79 Å². The van der Waals surface area contributed by atoms with Gasteiger partial charge >= 0.3 is 0 Å². The summed E-state index contributed by atoms with van der Waals surface area (Å²) in [6, 6.07) is 25.9. The Bertz CT molecular complexity index is 1320. The molecule has 1 atom stereocenters. The maximum absolute atomic E-state index is 10.8. The molecular formula is C26H22N4O3. The highest BCUT2D eigenvalue weighted by Gasteiger charge is 2.31. The number of amidine groups is 1. The molecule has 7 heteroatoms. The number of rotatable bonds is 5. The van der Waals surface area contributed by atoms with Crippen LogP contribution in [0.4, 0.5) is 0 Å². The number of para-hydroxylation sites is 1. The second-order valence-electron chi connectivity index (χ2n) is 8.00. The van der Waals surface area contributed by atoms with Crippen molar-refractivity contribution in [2.45, 2.75) is 12.8 Å². The van der Waals surface area contributed by atoms with E-state index in [1.165, 1.54) is 0 Å². The summed E-state index contributed by atoms with van der Waals surface area (Å²) >= 11 is 0. The lowest BCUT2D eigenvalue weighted by Crippen LogP contribution is -2.36. The van der Waals surface area contributed by atoms with Crippen LogP contribution in [0.3, 0.4) is 0 Å². The van der Waals surface area contributed by atoms with Crippen LogP contribution in [0, 0.1) is 0 Å². The van der Waals surface area contributed by atoms with Crippen molar-refractivity contribution in [2.75, 3.05) is 13.3 Å². The first-order valence-electron chi connectivity index (χ1n) is 10.8. The highest BCUT2D eigenvalue weighted by Crippen LogP contribution is 2.34. The number of hydrogen-bond acceptors (Lipinski definition) is 6. The molecule has 0 spiro atoms. The maximum atomic E-state index is 10.8. The van der Waals surface area contributed by atoms with Crippen LogP contribution in [0.15, 0.2) is 90.1 Å². The van der Waals surface area contributed by atoms with Gasteiger partial charge in [-0.1, -0.05) is 54.6 Å². The lowest BCUT2D eigenvalue weighted by atomic mass is 10.1. The first-order chi connectivity index (χ1) is 16.3. The Morgan fingerprint density at radius 1 is 0.909 bits per heavy atom. The highest BCUT2D eigenvalue weighted by atomic mass is 16.7. The van der Waals surface area contributed by atoms with Crippen molar-refractivity contribution in [3.05, 3.63) is 96.2 Å². The molecule has 164 valence electrons. The van der Waals surface area contributed by atoms with E-state index in [2.05, 4.69) is 0 Å². The predicted molar refractivity (Wildman–Crippen MR) is 125 cm³/mol. The van der Waals surface area contributed by atoms with Gasteiger partial charge in [0.05, 0.1) is 17.8 Å². The Labute approximate surface area is 191 Å². The molecule has 6 rings (SSSR count). The smallest absolute Gasteiger partial charge is 0.231 e. The molecule has 2 aliphatic heterocycles. The molecular weight excluding hydrogens is 416 g/mol. The van der Waals surface area contributed by atoms with Gasteiger partial charge < -0.3 is 19.5 Å². The topological polar surface area (TPSA) is 72.1 Å². The van der Waals surface area contributed by atoms with Gasteiger partial charge in [0.15, 0.2) is 11.5 Å². The van der Waals surface area contributed by atoms with E-state index in [1.54, 1.807) is 0 Å². The molecule has 2 aliphatic rings. The third kappa shape index (κ3) is 3.62. The third-order valence-electron chi connectivity index (χ3n) is 5.85. The van der Waals surface area contributed by atoms with Crippen LogP contribution in [0.25, 0.3) is 16.9 Å². The first kappa shape index (κ1) is 19.6. The quantitative estimate of drug-likeness (QED) is 0.513. The molecule has 0 radical (unpaired) electrons. The van der Waals surface area contributed by atoms with E-state index < -0.39 is 6.23 Å². The molecule has 3 heterocycles. The summed E-state index contributed by atoms with van der Waals surface area (Å²) in [6.07, 6.45) is 1.27. The van der Waals surface area contributed by atoms with Crippen molar-refractivity contribution in [1.29, 1.82) is 0 Å². The lowest BCUT2D eigenvalue weighted by Gasteiger charge is -2.24. The van der Waals surface area contributed by atoms with Gasteiger partial charge in [-0.3, -0.25) is 4.99 Å². The fourth-order valence-corrected chi connectivity index (χ4v) is 4.21. The number of ether oxygens (including phenoxy) is 2. The Balaban J connectivity index is 1.40. The van der Waals surface area contributed by atoms with Crippen LogP contribution in [0.1, 0.15) is 11.1 Å². The number of aliphatic hydroxyl groups excluding tert-OH is 1. The molecule has 0 saturated heterocycles. The molecule has 0 amide bonds. The first-order valence-corrected chi connectivity index (χ1v) is 10.8. The minimum atomic E-state index is -0.714. The van der Waals surface area contributed by atoms with Crippen molar-refractivity contribution in [3.63, 3.8) is 0 Å². The number of hydrogen-bond donors (Lipinski definition) is 1. The van der Waals surface area contributed by atoms with E-state index in [0.717, 1.165) is 45.4 Å². The largest absolute Gasteiger partial charge is 0.454 e. The number of aliphatic hydroxyl groups is 1. The number of aromatic nitrogens is 2. The second-order valence-corrected chi connectivity index (χ2v) is 8.00. The average molecular weight is 438 g/mol. The molecule has 7 nitrogen and oxygen atoms in total. The normalized spacial score (nSPS) is 16.8. The molecule has 1 unspecified atom stereocenters. The second kappa shape index (κ2) is 8.11. The number of nitrogens with zero attached hydrogens (tertiary/aromatic N) is 4. The molecule has 1 aromatic heterocycles. The molecule has 0 bridgehead atoms. The molecule has 3 aromatic carbocycles. The zero-order valence-electron chi connectivity index (χ0n) is 17.8.